The number of nitrogens with zero attached hydrogens (tertiary/aromatic N) is 1. The molecule has 0 aromatic rings. The second-order valence-corrected chi connectivity index (χ2v) is 8.91. The van der Waals surface area contributed by atoms with Crippen molar-refractivity contribution < 1.29 is 4.74 Å². The van der Waals surface area contributed by atoms with Gasteiger partial charge in [-0.25, -0.2) is 0 Å². The van der Waals surface area contributed by atoms with Crippen LogP contribution in [-0.2, 0) is 4.74 Å². The molecule has 0 aromatic heterocycles. The van der Waals surface area contributed by atoms with Gasteiger partial charge < -0.3 is 4.74 Å². The van der Waals surface area contributed by atoms with E-state index in [-0.39, 0.29) is 5.41 Å². The van der Waals surface area contributed by atoms with Gasteiger partial charge in [0.1, 0.15) is 0 Å². The highest BCUT2D eigenvalue weighted by atomic mass is 16.5. The van der Waals surface area contributed by atoms with Gasteiger partial charge in [0.25, 0.3) is 0 Å². The van der Waals surface area contributed by atoms with Crippen LogP contribution in [0.3, 0.4) is 0 Å². The van der Waals surface area contributed by atoms with Gasteiger partial charge in [-0.05, 0) is 69.6 Å². The van der Waals surface area contributed by atoms with E-state index in [9.17, 15) is 5.26 Å². The maximum Gasteiger partial charge on any atom is 0.0689 e. The van der Waals surface area contributed by atoms with Crippen LogP contribution in [0.25, 0.3) is 0 Å². The van der Waals surface area contributed by atoms with Crippen LogP contribution in [0.1, 0.15) is 110 Å². The molecule has 2 aliphatic carbocycles. The van der Waals surface area contributed by atoms with E-state index < -0.39 is 0 Å². The summed E-state index contributed by atoms with van der Waals surface area (Å²) in [6.07, 6.45) is 19.5. The summed E-state index contributed by atoms with van der Waals surface area (Å²) >= 11 is 0. The summed E-state index contributed by atoms with van der Waals surface area (Å²) in [5.41, 5.74) is -0.0109. The molecule has 0 amide bonds. The third-order valence-corrected chi connectivity index (χ3v) is 6.89. The molecule has 144 valence electrons. The molecule has 2 fully saturated rings. The molecule has 2 saturated carbocycles. The lowest BCUT2D eigenvalue weighted by Crippen LogP contribution is -2.30. The van der Waals surface area contributed by atoms with Gasteiger partial charge in [0.15, 0.2) is 0 Å². The fourth-order valence-corrected chi connectivity index (χ4v) is 4.88. The summed E-state index contributed by atoms with van der Waals surface area (Å²) in [6, 6.07) is 2.68. The van der Waals surface area contributed by atoms with Crippen LogP contribution in [-0.4, -0.2) is 12.7 Å². The Morgan fingerprint density at radius 1 is 0.880 bits per heavy atom. The normalized spacial score (nSPS) is 33.1. The summed E-state index contributed by atoms with van der Waals surface area (Å²) in [7, 11) is 0. The summed E-state index contributed by atoms with van der Waals surface area (Å²) in [5, 5.41) is 9.67. The van der Waals surface area contributed by atoms with Crippen molar-refractivity contribution in [3.63, 3.8) is 0 Å². The zero-order valence-corrected chi connectivity index (χ0v) is 16.9. The predicted octanol–water partition coefficient (Wildman–Crippen LogP) is 7.03. The quantitative estimate of drug-likeness (QED) is 0.397. The summed E-state index contributed by atoms with van der Waals surface area (Å²) in [6.45, 7) is 5.48. The Labute approximate surface area is 156 Å². The summed E-state index contributed by atoms with van der Waals surface area (Å²) in [4.78, 5) is 0. The van der Waals surface area contributed by atoms with Crippen LogP contribution in [0, 0.1) is 28.6 Å². The predicted molar refractivity (Wildman–Crippen MR) is 105 cm³/mol. The first-order valence-electron chi connectivity index (χ1n) is 11.2. The van der Waals surface area contributed by atoms with E-state index in [2.05, 4.69) is 19.9 Å². The molecule has 0 spiro atoms. The van der Waals surface area contributed by atoms with E-state index >= 15 is 0 Å². The molecule has 0 unspecified atom stereocenters. The average Bonchev–Trinajstić information content (AvgIpc) is 2.67. The van der Waals surface area contributed by atoms with Gasteiger partial charge in [-0.15, -0.1) is 0 Å². The van der Waals surface area contributed by atoms with Crippen molar-refractivity contribution in [3.8, 4) is 6.07 Å². The Morgan fingerprint density at radius 2 is 1.56 bits per heavy atom. The Bertz CT molecular complexity index is 383. The first kappa shape index (κ1) is 20.8. The molecule has 2 rings (SSSR count). The molecular formula is C23H41NO. The van der Waals surface area contributed by atoms with Crippen molar-refractivity contribution in [2.24, 2.45) is 17.3 Å². The van der Waals surface area contributed by atoms with Gasteiger partial charge in [-0.1, -0.05) is 52.4 Å². The van der Waals surface area contributed by atoms with E-state index in [4.69, 9.17) is 4.74 Å². The lowest BCUT2D eigenvalue weighted by molar-refractivity contribution is -0.0134. The van der Waals surface area contributed by atoms with Crippen molar-refractivity contribution in [1.82, 2.24) is 0 Å². The second-order valence-electron chi connectivity index (χ2n) is 8.91. The monoisotopic (exact) mass is 347 g/mol. The molecule has 0 atom stereocenters. The van der Waals surface area contributed by atoms with Gasteiger partial charge >= 0.3 is 0 Å². The minimum Gasteiger partial charge on any atom is -0.378 e. The second kappa shape index (κ2) is 11.2. The fraction of sp³-hybridized carbons (Fsp3) is 0.957. The molecule has 0 aliphatic heterocycles. The van der Waals surface area contributed by atoms with Crippen molar-refractivity contribution in [1.29, 1.82) is 5.26 Å². The number of ether oxygens (including phenoxy) is 1. The zero-order chi connectivity index (χ0) is 18.0. The third-order valence-electron chi connectivity index (χ3n) is 6.89. The van der Waals surface area contributed by atoms with Crippen LogP contribution in [0.2, 0.25) is 0 Å². The van der Waals surface area contributed by atoms with E-state index in [1.165, 1.54) is 77.0 Å². The topological polar surface area (TPSA) is 33.0 Å². The Morgan fingerprint density at radius 3 is 2.16 bits per heavy atom. The van der Waals surface area contributed by atoms with E-state index in [1.54, 1.807) is 0 Å². The van der Waals surface area contributed by atoms with Gasteiger partial charge in [-0.3, -0.25) is 0 Å². The standard InChI is InChI=1S/C23H41NO/c1-3-5-7-15-23(19-24)16-13-21(14-17-23)18-25-22-11-9-20(10-12-22)8-6-4-2/h20-22H,3-18H2,1-2H3. The molecule has 0 N–H and O–H groups in total. The minimum atomic E-state index is -0.0109. The van der Waals surface area contributed by atoms with Crippen LogP contribution in [0.5, 0.6) is 0 Å². The zero-order valence-electron chi connectivity index (χ0n) is 16.9. The highest BCUT2D eigenvalue weighted by molar-refractivity contribution is 5.01. The van der Waals surface area contributed by atoms with Crippen LogP contribution >= 0.6 is 0 Å². The van der Waals surface area contributed by atoms with Gasteiger partial charge in [0.2, 0.25) is 0 Å². The number of rotatable bonds is 10. The lowest BCUT2D eigenvalue weighted by atomic mass is 9.69. The molecule has 0 bridgehead atoms. The van der Waals surface area contributed by atoms with Crippen LogP contribution < -0.4 is 0 Å². The van der Waals surface area contributed by atoms with Crippen LogP contribution in [0.15, 0.2) is 0 Å². The first-order valence-corrected chi connectivity index (χ1v) is 11.2. The SMILES string of the molecule is CCCCCC1(C#N)CCC(COC2CCC(CCCC)CC2)CC1. The summed E-state index contributed by atoms with van der Waals surface area (Å²) < 4.78 is 6.29. The van der Waals surface area contributed by atoms with Gasteiger partial charge in [0, 0.05) is 6.61 Å². The Balaban J connectivity index is 1.61. The van der Waals surface area contributed by atoms with E-state index in [1.807, 2.05) is 0 Å². The van der Waals surface area contributed by atoms with Crippen molar-refractivity contribution in [2.45, 2.75) is 116 Å². The largest absolute Gasteiger partial charge is 0.378 e. The number of unbranched alkanes of at least 4 members (excludes halogenated alkanes) is 3. The number of nitriles is 1. The molecular weight excluding hydrogens is 306 g/mol. The highest BCUT2D eigenvalue weighted by Gasteiger charge is 2.35. The van der Waals surface area contributed by atoms with Gasteiger partial charge in [0.05, 0.1) is 17.6 Å². The lowest BCUT2D eigenvalue weighted by Gasteiger charge is -2.36. The Kier molecular flexibility index (Phi) is 9.32. The average molecular weight is 348 g/mol. The fourth-order valence-electron chi connectivity index (χ4n) is 4.88. The molecule has 0 heterocycles. The maximum atomic E-state index is 9.67. The van der Waals surface area contributed by atoms with Gasteiger partial charge in [-0.2, -0.15) is 5.26 Å². The van der Waals surface area contributed by atoms with Crippen LogP contribution in [0.4, 0.5) is 0 Å². The van der Waals surface area contributed by atoms with Crippen molar-refractivity contribution >= 4 is 0 Å². The molecule has 2 nitrogen and oxygen atoms in total. The maximum absolute atomic E-state index is 9.67. The Hall–Kier alpha value is -0.550. The molecule has 2 heteroatoms. The van der Waals surface area contributed by atoms with Crippen molar-refractivity contribution in [2.75, 3.05) is 6.61 Å². The van der Waals surface area contributed by atoms with E-state index in [0.717, 1.165) is 31.8 Å². The molecule has 0 saturated heterocycles. The van der Waals surface area contributed by atoms with Crippen molar-refractivity contribution in [3.05, 3.63) is 0 Å². The first-order chi connectivity index (χ1) is 12.2. The highest BCUT2D eigenvalue weighted by Crippen LogP contribution is 2.42. The van der Waals surface area contributed by atoms with E-state index in [0.29, 0.717) is 12.0 Å². The number of hydrogen-bond acceptors (Lipinski definition) is 2. The number of hydrogen-bond donors (Lipinski definition) is 0. The molecule has 2 aliphatic rings. The molecule has 25 heavy (non-hydrogen) atoms. The smallest absolute Gasteiger partial charge is 0.0689 e. The minimum absolute atomic E-state index is 0.0109. The third kappa shape index (κ3) is 6.93. The summed E-state index contributed by atoms with van der Waals surface area (Å²) in [5.74, 6) is 1.67. The molecule has 0 aromatic carbocycles. The molecule has 0 radical (unpaired) electrons.